The number of carbonyl (C=O) groups is 2. The van der Waals surface area contributed by atoms with Crippen LogP contribution >= 0.6 is 0 Å². The summed E-state index contributed by atoms with van der Waals surface area (Å²) in [5, 5.41) is 0. The number of hydrogen-bond donors (Lipinski definition) is 0. The normalized spacial score (nSPS) is 10.2. The topological polar surface area (TPSA) is 59.5 Å². The monoisotopic (exact) mass is 330 g/mol. The molecule has 0 bridgehead atoms. The highest BCUT2D eigenvalue weighted by atomic mass is 19.1. The van der Waals surface area contributed by atoms with Gasteiger partial charge in [0.2, 0.25) is 0 Å². The first-order valence-electron chi connectivity index (χ1n) is 7.70. The quantitative estimate of drug-likeness (QED) is 0.733. The van der Waals surface area contributed by atoms with Gasteiger partial charge in [0, 0.05) is 25.5 Å². The second-order valence-corrected chi connectivity index (χ2v) is 5.12. The number of hydrogen-bond acceptors (Lipinski definition) is 4. The second-order valence-electron chi connectivity index (χ2n) is 5.12. The Morgan fingerprint density at radius 1 is 1.21 bits per heavy atom. The zero-order valence-corrected chi connectivity index (χ0v) is 13.4. The lowest BCUT2D eigenvalue weighted by atomic mass is 10.1. The number of carbonyl (C=O) groups excluding carboxylic acids is 2. The molecule has 0 saturated carbocycles. The molecule has 0 unspecified atom stereocenters. The van der Waals surface area contributed by atoms with Crippen molar-refractivity contribution in [3.8, 4) is 0 Å². The maximum atomic E-state index is 13.9. The predicted octanol–water partition coefficient (Wildman–Crippen LogP) is 2.82. The van der Waals surface area contributed by atoms with Crippen LogP contribution in [0.5, 0.6) is 0 Å². The first-order valence-corrected chi connectivity index (χ1v) is 7.70. The third-order valence-electron chi connectivity index (χ3n) is 3.38. The predicted molar refractivity (Wildman–Crippen MR) is 86.6 cm³/mol. The molecule has 0 aliphatic heterocycles. The van der Waals surface area contributed by atoms with Crippen molar-refractivity contribution < 1.29 is 18.7 Å². The van der Waals surface area contributed by atoms with Gasteiger partial charge in [-0.2, -0.15) is 0 Å². The molecular formula is C18H19FN2O3. The van der Waals surface area contributed by atoms with Crippen molar-refractivity contribution >= 4 is 11.9 Å². The summed E-state index contributed by atoms with van der Waals surface area (Å²) in [6, 6.07) is 9.37. The lowest BCUT2D eigenvalue weighted by Gasteiger charge is -2.22. The Labute approximate surface area is 140 Å². The number of ether oxygens (including phenoxy) is 1. The summed E-state index contributed by atoms with van der Waals surface area (Å²) < 4.78 is 18.8. The van der Waals surface area contributed by atoms with E-state index in [4.69, 9.17) is 4.74 Å². The zero-order chi connectivity index (χ0) is 17.4. The van der Waals surface area contributed by atoms with Gasteiger partial charge in [-0.15, -0.1) is 0 Å². The van der Waals surface area contributed by atoms with Crippen LogP contribution in [0.1, 0.15) is 29.3 Å². The lowest BCUT2D eigenvalue weighted by molar-refractivity contribution is -0.143. The third-order valence-corrected chi connectivity index (χ3v) is 3.38. The molecule has 0 fully saturated rings. The fourth-order valence-electron chi connectivity index (χ4n) is 2.23. The fourth-order valence-corrected chi connectivity index (χ4v) is 2.23. The van der Waals surface area contributed by atoms with Crippen LogP contribution in [0.15, 0.2) is 48.8 Å². The van der Waals surface area contributed by atoms with Crippen molar-refractivity contribution in [2.45, 2.75) is 19.9 Å². The number of benzene rings is 1. The second kappa shape index (κ2) is 8.76. The van der Waals surface area contributed by atoms with E-state index in [1.54, 1.807) is 31.5 Å². The summed E-state index contributed by atoms with van der Waals surface area (Å²) in [5.41, 5.74) is 0.774. The van der Waals surface area contributed by atoms with E-state index in [9.17, 15) is 14.0 Å². The van der Waals surface area contributed by atoms with Gasteiger partial charge in [-0.1, -0.05) is 18.2 Å². The summed E-state index contributed by atoms with van der Waals surface area (Å²) in [5.74, 6) is -1.45. The molecule has 0 spiro atoms. The van der Waals surface area contributed by atoms with Gasteiger partial charge in [-0.05, 0) is 30.7 Å². The lowest BCUT2D eigenvalue weighted by Crippen LogP contribution is -2.33. The molecule has 6 heteroatoms. The molecule has 1 aromatic heterocycles. The first kappa shape index (κ1) is 17.6. The highest BCUT2D eigenvalue weighted by Gasteiger charge is 2.20. The molecule has 5 nitrogen and oxygen atoms in total. The molecule has 2 aromatic rings. The minimum atomic E-state index is -0.588. The van der Waals surface area contributed by atoms with Gasteiger partial charge < -0.3 is 9.64 Å². The van der Waals surface area contributed by atoms with Crippen LogP contribution in [0.3, 0.4) is 0 Å². The maximum Gasteiger partial charge on any atom is 0.307 e. The van der Waals surface area contributed by atoms with E-state index in [0.29, 0.717) is 0 Å². The zero-order valence-electron chi connectivity index (χ0n) is 13.4. The molecule has 0 radical (unpaired) electrons. The molecule has 2 rings (SSSR count). The van der Waals surface area contributed by atoms with E-state index in [2.05, 4.69) is 4.98 Å². The largest absolute Gasteiger partial charge is 0.466 e. The number of halogens is 1. The molecule has 0 saturated heterocycles. The Bertz CT molecular complexity index is 692. The Balaban J connectivity index is 2.16. The number of pyridine rings is 1. The average Bonchev–Trinajstić information content (AvgIpc) is 2.59. The van der Waals surface area contributed by atoms with Crippen LogP contribution in [0.2, 0.25) is 0 Å². The molecule has 126 valence electrons. The highest BCUT2D eigenvalue weighted by Crippen LogP contribution is 2.13. The third kappa shape index (κ3) is 4.87. The van der Waals surface area contributed by atoms with E-state index >= 15 is 0 Å². The molecule has 1 amide bonds. The molecule has 0 aliphatic rings. The van der Waals surface area contributed by atoms with Crippen LogP contribution in [-0.4, -0.2) is 34.9 Å². The van der Waals surface area contributed by atoms with Gasteiger partial charge in [0.1, 0.15) is 5.82 Å². The standard InChI is InChI=1S/C18H19FN2O3/c1-2-24-17(22)9-11-21(13-14-6-5-10-20-12-14)18(23)15-7-3-4-8-16(15)19/h3-8,10,12H,2,9,11,13H2,1H3. The molecule has 1 heterocycles. The van der Waals surface area contributed by atoms with Crippen LogP contribution in [0, 0.1) is 5.82 Å². The van der Waals surface area contributed by atoms with Gasteiger partial charge in [0.25, 0.3) is 5.91 Å². The highest BCUT2D eigenvalue weighted by molar-refractivity contribution is 5.94. The first-order chi connectivity index (χ1) is 11.6. The van der Waals surface area contributed by atoms with E-state index in [0.717, 1.165) is 5.56 Å². The summed E-state index contributed by atoms with van der Waals surface area (Å²) in [4.78, 5) is 29.7. The van der Waals surface area contributed by atoms with Crippen molar-refractivity contribution in [3.05, 3.63) is 65.7 Å². The minimum absolute atomic E-state index is 0.0229. The fraction of sp³-hybridized carbons (Fsp3) is 0.278. The molecule has 24 heavy (non-hydrogen) atoms. The Kier molecular flexibility index (Phi) is 6.42. The van der Waals surface area contributed by atoms with Crippen LogP contribution < -0.4 is 0 Å². The van der Waals surface area contributed by atoms with Crippen LogP contribution in [0.25, 0.3) is 0 Å². The van der Waals surface area contributed by atoms with Crippen LogP contribution in [-0.2, 0) is 16.1 Å². The van der Waals surface area contributed by atoms with E-state index in [1.165, 1.54) is 23.1 Å². The van der Waals surface area contributed by atoms with Gasteiger partial charge in [0.15, 0.2) is 0 Å². The van der Waals surface area contributed by atoms with Gasteiger partial charge in [-0.3, -0.25) is 14.6 Å². The summed E-state index contributed by atoms with van der Waals surface area (Å²) in [6.45, 7) is 2.37. The van der Waals surface area contributed by atoms with Crippen LogP contribution in [0.4, 0.5) is 4.39 Å². The molecular weight excluding hydrogens is 311 g/mol. The average molecular weight is 330 g/mol. The van der Waals surface area contributed by atoms with E-state index < -0.39 is 17.7 Å². The molecule has 0 atom stereocenters. The SMILES string of the molecule is CCOC(=O)CCN(Cc1cccnc1)C(=O)c1ccccc1F. The molecule has 0 N–H and O–H groups in total. The molecule has 1 aromatic carbocycles. The summed E-state index contributed by atoms with van der Waals surface area (Å²) in [6.07, 6.45) is 3.31. The van der Waals surface area contributed by atoms with Crippen molar-refractivity contribution in [1.82, 2.24) is 9.88 Å². The minimum Gasteiger partial charge on any atom is -0.466 e. The van der Waals surface area contributed by atoms with Gasteiger partial charge in [0.05, 0.1) is 18.6 Å². The van der Waals surface area contributed by atoms with Crippen molar-refractivity contribution in [1.29, 1.82) is 0 Å². The summed E-state index contributed by atoms with van der Waals surface area (Å²) >= 11 is 0. The van der Waals surface area contributed by atoms with E-state index in [-0.39, 0.29) is 31.7 Å². The number of aromatic nitrogens is 1. The van der Waals surface area contributed by atoms with E-state index in [1.807, 2.05) is 6.07 Å². The van der Waals surface area contributed by atoms with Crippen molar-refractivity contribution in [2.75, 3.05) is 13.2 Å². The smallest absolute Gasteiger partial charge is 0.307 e. The Morgan fingerprint density at radius 2 is 2.00 bits per heavy atom. The van der Waals surface area contributed by atoms with Gasteiger partial charge >= 0.3 is 5.97 Å². The number of rotatable bonds is 7. The van der Waals surface area contributed by atoms with Gasteiger partial charge in [-0.25, -0.2) is 4.39 Å². The van der Waals surface area contributed by atoms with Crippen molar-refractivity contribution in [2.24, 2.45) is 0 Å². The summed E-state index contributed by atoms with van der Waals surface area (Å²) in [7, 11) is 0. The molecule has 0 aliphatic carbocycles. The number of nitrogens with zero attached hydrogens (tertiary/aromatic N) is 2. The number of amides is 1. The Hall–Kier alpha value is -2.76. The Morgan fingerprint density at radius 3 is 2.67 bits per heavy atom. The maximum absolute atomic E-state index is 13.9. The van der Waals surface area contributed by atoms with Crippen molar-refractivity contribution in [3.63, 3.8) is 0 Å². The number of esters is 1.